The van der Waals surface area contributed by atoms with E-state index in [0.717, 1.165) is 0 Å². The predicted octanol–water partition coefficient (Wildman–Crippen LogP) is 1.65. The van der Waals surface area contributed by atoms with Gasteiger partial charge in [0.25, 0.3) is 0 Å². The van der Waals surface area contributed by atoms with Crippen LogP contribution in [0.1, 0.15) is 11.6 Å². The fourth-order valence-electron chi connectivity index (χ4n) is 1.23. The Morgan fingerprint density at radius 1 is 1.33 bits per heavy atom. The van der Waals surface area contributed by atoms with Crippen molar-refractivity contribution in [2.75, 3.05) is 14.2 Å². The average Bonchev–Trinajstić information content (AvgIpc) is 2.26. The van der Waals surface area contributed by atoms with E-state index in [-0.39, 0.29) is 12.4 Å². The number of nitriles is 1. The average molecular weight is 229 g/mol. The van der Waals surface area contributed by atoms with Gasteiger partial charge in [-0.25, -0.2) is 0 Å². The third-order valence-electron chi connectivity index (χ3n) is 1.91. The molecule has 5 heteroatoms. The maximum absolute atomic E-state index is 8.70. The Kier molecular flexibility index (Phi) is 5.53. The van der Waals surface area contributed by atoms with E-state index in [2.05, 4.69) is 0 Å². The molecule has 2 N–H and O–H groups in total. The summed E-state index contributed by atoms with van der Waals surface area (Å²) in [6, 6.07) is 6.53. The first-order chi connectivity index (χ1) is 6.74. The number of halogens is 1. The molecule has 1 rings (SSSR count). The highest BCUT2D eigenvalue weighted by atomic mass is 35.5. The molecule has 1 atom stereocenters. The van der Waals surface area contributed by atoms with Crippen LogP contribution in [0.4, 0.5) is 0 Å². The van der Waals surface area contributed by atoms with Crippen LogP contribution in [0.3, 0.4) is 0 Å². The number of nitrogens with zero attached hydrogens (tertiary/aromatic N) is 1. The summed E-state index contributed by atoms with van der Waals surface area (Å²) in [5.41, 5.74) is 6.23. The quantitative estimate of drug-likeness (QED) is 0.854. The fourth-order valence-corrected chi connectivity index (χ4v) is 1.23. The number of hydrogen-bond donors (Lipinski definition) is 1. The van der Waals surface area contributed by atoms with Crippen molar-refractivity contribution in [2.24, 2.45) is 5.73 Å². The monoisotopic (exact) mass is 228 g/mol. The van der Waals surface area contributed by atoms with E-state index in [9.17, 15) is 0 Å². The molecule has 1 aromatic rings. The molecule has 0 fully saturated rings. The molecule has 82 valence electrons. The molecule has 0 saturated heterocycles. The second kappa shape index (κ2) is 6.12. The van der Waals surface area contributed by atoms with Crippen LogP contribution < -0.4 is 15.2 Å². The van der Waals surface area contributed by atoms with Crippen LogP contribution >= 0.6 is 12.4 Å². The molecule has 0 spiro atoms. The Labute approximate surface area is 95.0 Å². The van der Waals surface area contributed by atoms with Crippen LogP contribution in [0.15, 0.2) is 18.2 Å². The van der Waals surface area contributed by atoms with Gasteiger partial charge >= 0.3 is 0 Å². The van der Waals surface area contributed by atoms with E-state index in [0.29, 0.717) is 17.1 Å². The van der Waals surface area contributed by atoms with Gasteiger partial charge in [-0.3, -0.25) is 0 Å². The van der Waals surface area contributed by atoms with Crippen LogP contribution in [-0.2, 0) is 0 Å². The molecule has 0 aliphatic rings. The van der Waals surface area contributed by atoms with Crippen molar-refractivity contribution in [3.05, 3.63) is 23.8 Å². The Bertz CT molecular complexity index is 363. The molecule has 0 bridgehead atoms. The highest BCUT2D eigenvalue weighted by molar-refractivity contribution is 5.85. The SMILES string of the molecule is COc1cccc(C(N)C#N)c1OC.Cl. The molecule has 1 aromatic carbocycles. The number of ether oxygens (including phenoxy) is 2. The third kappa shape index (κ3) is 2.75. The molecular weight excluding hydrogens is 216 g/mol. The van der Waals surface area contributed by atoms with Crippen molar-refractivity contribution in [3.63, 3.8) is 0 Å². The van der Waals surface area contributed by atoms with Gasteiger partial charge in [-0.2, -0.15) is 5.26 Å². The molecule has 4 nitrogen and oxygen atoms in total. The molecule has 0 aliphatic carbocycles. The zero-order chi connectivity index (χ0) is 10.6. The van der Waals surface area contributed by atoms with Crippen LogP contribution in [0, 0.1) is 11.3 Å². The minimum atomic E-state index is -0.694. The predicted molar refractivity (Wildman–Crippen MR) is 59.3 cm³/mol. The van der Waals surface area contributed by atoms with E-state index in [1.54, 1.807) is 25.3 Å². The summed E-state index contributed by atoms with van der Waals surface area (Å²) in [5, 5.41) is 8.70. The third-order valence-corrected chi connectivity index (χ3v) is 1.91. The summed E-state index contributed by atoms with van der Waals surface area (Å²) >= 11 is 0. The van der Waals surface area contributed by atoms with Crippen molar-refractivity contribution in [2.45, 2.75) is 6.04 Å². The molecule has 15 heavy (non-hydrogen) atoms. The smallest absolute Gasteiger partial charge is 0.166 e. The van der Waals surface area contributed by atoms with Crippen molar-refractivity contribution in [1.29, 1.82) is 5.26 Å². The Morgan fingerprint density at radius 3 is 2.47 bits per heavy atom. The zero-order valence-electron chi connectivity index (χ0n) is 8.56. The van der Waals surface area contributed by atoms with Gasteiger partial charge in [0.1, 0.15) is 6.04 Å². The topological polar surface area (TPSA) is 68.3 Å². The van der Waals surface area contributed by atoms with Gasteiger partial charge in [-0.05, 0) is 6.07 Å². The van der Waals surface area contributed by atoms with Gasteiger partial charge in [0.15, 0.2) is 11.5 Å². The maximum Gasteiger partial charge on any atom is 0.166 e. The Hall–Kier alpha value is -1.44. The summed E-state index contributed by atoms with van der Waals surface area (Å²) in [6.45, 7) is 0. The lowest BCUT2D eigenvalue weighted by Crippen LogP contribution is -2.09. The summed E-state index contributed by atoms with van der Waals surface area (Å²) in [5.74, 6) is 1.10. The number of hydrogen-bond acceptors (Lipinski definition) is 4. The number of benzene rings is 1. The van der Waals surface area contributed by atoms with Crippen molar-refractivity contribution >= 4 is 12.4 Å². The molecule has 0 aromatic heterocycles. The second-order valence-corrected chi connectivity index (χ2v) is 2.69. The lowest BCUT2D eigenvalue weighted by atomic mass is 10.1. The van der Waals surface area contributed by atoms with Gasteiger partial charge in [-0.1, -0.05) is 12.1 Å². The second-order valence-electron chi connectivity index (χ2n) is 2.69. The highest BCUT2D eigenvalue weighted by Crippen LogP contribution is 2.33. The zero-order valence-corrected chi connectivity index (χ0v) is 9.38. The molecule has 0 amide bonds. The number of methoxy groups -OCH3 is 2. The lowest BCUT2D eigenvalue weighted by Gasteiger charge is -2.13. The van der Waals surface area contributed by atoms with Gasteiger partial charge < -0.3 is 15.2 Å². The van der Waals surface area contributed by atoms with E-state index >= 15 is 0 Å². The molecule has 0 saturated carbocycles. The van der Waals surface area contributed by atoms with E-state index in [1.165, 1.54) is 7.11 Å². The highest BCUT2D eigenvalue weighted by Gasteiger charge is 2.14. The first-order valence-corrected chi connectivity index (χ1v) is 4.10. The van der Waals surface area contributed by atoms with Crippen molar-refractivity contribution in [3.8, 4) is 17.6 Å². The van der Waals surface area contributed by atoms with E-state index < -0.39 is 6.04 Å². The van der Waals surface area contributed by atoms with E-state index in [4.69, 9.17) is 20.5 Å². The number of para-hydroxylation sites is 1. The van der Waals surface area contributed by atoms with Crippen LogP contribution in [0.5, 0.6) is 11.5 Å². The largest absolute Gasteiger partial charge is 0.493 e. The van der Waals surface area contributed by atoms with Crippen LogP contribution in [0.2, 0.25) is 0 Å². The first-order valence-electron chi connectivity index (χ1n) is 4.10. The number of rotatable bonds is 3. The minimum Gasteiger partial charge on any atom is -0.493 e. The lowest BCUT2D eigenvalue weighted by molar-refractivity contribution is 0.351. The molecule has 1 unspecified atom stereocenters. The van der Waals surface area contributed by atoms with Crippen molar-refractivity contribution in [1.82, 2.24) is 0 Å². The first kappa shape index (κ1) is 13.6. The van der Waals surface area contributed by atoms with Gasteiger partial charge in [0.05, 0.1) is 20.3 Å². The maximum atomic E-state index is 8.70. The standard InChI is InChI=1S/C10H12N2O2.ClH/c1-13-9-5-3-4-7(8(12)6-11)10(9)14-2;/h3-5,8H,12H2,1-2H3;1H. The normalized spacial score (nSPS) is 10.8. The molecule has 0 aliphatic heterocycles. The summed E-state index contributed by atoms with van der Waals surface area (Å²) in [4.78, 5) is 0. The number of nitrogens with two attached hydrogens (primary N) is 1. The van der Waals surface area contributed by atoms with E-state index in [1.807, 2.05) is 6.07 Å². The van der Waals surface area contributed by atoms with Crippen molar-refractivity contribution < 1.29 is 9.47 Å². The van der Waals surface area contributed by atoms with Crippen LogP contribution in [-0.4, -0.2) is 14.2 Å². The summed E-state index contributed by atoms with van der Waals surface area (Å²) < 4.78 is 10.2. The molecule has 0 radical (unpaired) electrons. The minimum absolute atomic E-state index is 0. The summed E-state index contributed by atoms with van der Waals surface area (Å²) in [7, 11) is 3.06. The van der Waals surface area contributed by atoms with Crippen LogP contribution in [0.25, 0.3) is 0 Å². The van der Waals surface area contributed by atoms with Gasteiger partial charge in [0, 0.05) is 5.56 Å². The van der Waals surface area contributed by atoms with Gasteiger partial charge in [0.2, 0.25) is 0 Å². The fraction of sp³-hybridized carbons (Fsp3) is 0.300. The summed E-state index contributed by atoms with van der Waals surface area (Å²) in [6.07, 6.45) is 0. The molecular formula is C10H13ClN2O2. The Balaban J connectivity index is 0.00000196. The van der Waals surface area contributed by atoms with Gasteiger partial charge in [-0.15, -0.1) is 12.4 Å². The Morgan fingerprint density at radius 2 is 2.00 bits per heavy atom. The molecule has 0 heterocycles.